The Bertz CT molecular complexity index is 1630. The molecule has 38 heavy (non-hydrogen) atoms. The van der Waals surface area contributed by atoms with Gasteiger partial charge in [0.25, 0.3) is 5.91 Å². The SMILES string of the molecule is CN(C)C(=O)Nc1cncc(-c2ccc3[nH]nc(C(=O)Nc4ccc(Oc5cccc(F)c5)nc4)c3c2)c1. The molecule has 0 atom stereocenters. The molecule has 5 aromatic rings. The van der Waals surface area contributed by atoms with Crippen LogP contribution in [0.4, 0.5) is 20.6 Å². The molecule has 0 aliphatic rings. The monoisotopic (exact) mass is 511 g/mol. The number of fused-ring (bicyclic) bond motifs is 1. The molecule has 3 amide bonds. The van der Waals surface area contributed by atoms with Crippen molar-refractivity contribution < 1.29 is 18.7 Å². The fourth-order valence-corrected chi connectivity index (χ4v) is 3.62. The molecule has 190 valence electrons. The Morgan fingerprint density at radius 1 is 0.921 bits per heavy atom. The van der Waals surface area contributed by atoms with E-state index >= 15 is 0 Å². The Morgan fingerprint density at radius 3 is 2.55 bits per heavy atom. The van der Waals surface area contributed by atoms with Crippen LogP contribution in [0, 0.1) is 5.82 Å². The molecule has 10 nitrogen and oxygen atoms in total. The van der Waals surface area contributed by atoms with E-state index in [1.165, 1.54) is 29.3 Å². The molecular weight excluding hydrogens is 489 g/mol. The van der Waals surface area contributed by atoms with Crippen LogP contribution in [0.3, 0.4) is 0 Å². The van der Waals surface area contributed by atoms with Gasteiger partial charge in [-0.05, 0) is 42.0 Å². The number of ether oxygens (including phenoxy) is 1. The van der Waals surface area contributed by atoms with E-state index in [1.54, 1.807) is 50.8 Å². The number of benzene rings is 2. The van der Waals surface area contributed by atoms with Crippen molar-refractivity contribution in [2.24, 2.45) is 0 Å². The van der Waals surface area contributed by atoms with Crippen molar-refractivity contribution in [1.82, 2.24) is 25.1 Å². The second kappa shape index (κ2) is 10.3. The summed E-state index contributed by atoms with van der Waals surface area (Å²) < 4.78 is 18.9. The molecule has 0 fully saturated rings. The van der Waals surface area contributed by atoms with Gasteiger partial charge in [0.15, 0.2) is 5.69 Å². The van der Waals surface area contributed by atoms with Crippen LogP contribution in [0.25, 0.3) is 22.0 Å². The highest BCUT2D eigenvalue weighted by atomic mass is 19.1. The highest BCUT2D eigenvalue weighted by Crippen LogP contribution is 2.27. The number of H-pyrrole nitrogens is 1. The number of aromatic nitrogens is 4. The van der Waals surface area contributed by atoms with Gasteiger partial charge in [0.1, 0.15) is 11.6 Å². The lowest BCUT2D eigenvalue weighted by Crippen LogP contribution is -2.27. The summed E-state index contributed by atoms with van der Waals surface area (Å²) in [6, 6.07) is 16.0. The van der Waals surface area contributed by atoms with Crippen molar-refractivity contribution in [3.63, 3.8) is 0 Å². The van der Waals surface area contributed by atoms with Gasteiger partial charge in [0.2, 0.25) is 5.88 Å². The molecule has 0 aliphatic carbocycles. The van der Waals surface area contributed by atoms with Crippen molar-refractivity contribution in [3.05, 3.63) is 90.8 Å². The fourth-order valence-electron chi connectivity index (χ4n) is 3.62. The average molecular weight is 512 g/mol. The van der Waals surface area contributed by atoms with Gasteiger partial charge >= 0.3 is 6.03 Å². The van der Waals surface area contributed by atoms with E-state index in [0.29, 0.717) is 28.0 Å². The topological polar surface area (TPSA) is 125 Å². The van der Waals surface area contributed by atoms with Crippen molar-refractivity contribution in [2.45, 2.75) is 0 Å². The summed E-state index contributed by atoms with van der Waals surface area (Å²) in [6.45, 7) is 0. The minimum absolute atomic E-state index is 0.201. The fraction of sp³-hybridized carbons (Fsp3) is 0.0741. The number of rotatable bonds is 6. The summed E-state index contributed by atoms with van der Waals surface area (Å²) >= 11 is 0. The van der Waals surface area contributed by atoms with Gasteiger partial charge in [-0.1, -0.05) is 12.1 Å². The third-order valence-corrected chi connectivity index (χ3v) is 5.52. The molecule has 3 aromatic heterocycles. The van der Waals surface area contributed by atoms with Crippen LogP contribution in [-0.2, 0) is 0 Å². The molecule has 3 heterocycles. The lowest BCUT2D eigenvalue weighted by Gasteiger charge is -2.12. The van der Waals surface area contributed by atoms with Crippen LogP contribution >= 0.6 is 0 Å². The Kier molecular flexibility index (Phi) is 6.64. The number of nitrogens with zero attached hydrogens (tertiary/aromatic N) is 4. The number of hydrogen-bond acceptors (Lipinski definition) is 6. The molecule has 3 N–H and O–H groups in total. The number of hydrogen-bond donors (Lipinski definition) is 3. The highest BCUT2D eigenvalue weighted by molar-refractivity contribution is 6.11. The Morgan fingerprint density at radius 2 is 1.79 bits per heavy atom. The standard InChI is InChI=1S/C27H22FN7O3/c1-35(2)27(37)32-20-10-17(13-29-14-20)16-6-8-23-22(11-16)25(34-33-23)26(36)31-19-7-9-24(30-15-19)38-21-5-3-4-18(28)12-21/h3-15H,1-2H3,(H,31,36)(H,32,37)(H,33,34). The van der Waals surface area contributed by atoms with Crippen LogP contribution < -0.4 is 15.4 Å². The van der Waals surface area contributed by atoms with E-state index in [0.717, 1.165) is 11.1 Å². The number of halogens is 1. The van der Waals surface area contributed by atoms with E-state index in [2.05, 4.69) is 30.8 Å². The summed E-state index contributed by atoms with van der Waals surface area (Å²) in [5.74, 6) is -0.282. The quantitative estimate of drug-likeness (QED) is 0.284. The number of amides is 3. The van der Waals surface area contributed by atoms with E-state index in [1.807, 2.05) is 18.2 Å². The van der Waals surface area contributed by atoms with E-state index in [4.69, 9.17) is 4.74 Å². The van der Waals surface area contributed by atoms with Gasteiger partial charge in [0, 0.05) is 43.4 Å². The number of pyridine rings is 2. The first-order valence-corrected chi connectivity index (χ1v) is 11.5. The lowest BCUT2D eigenvalue weighted by molar-refractivity contribution is 0.102. The maximum atomic E-state index is 13.4. The van der Waals surface area contributed by atoms with Crippen LogP contribution in [0.5, 0.6) is 11.6 Å². The molecule has 2 aromatic carbocycles. The Labute approximate surface area is 216 Å². The van der Waals surface area contributed by atoms with E-state index < -0.39 is 11.7 Å². The minimum atomic E-state index is -0.431. The summed E-state index contributed by atoms with van der Waals surface area (Å²) in [5.41, 5.74) is 3.41. The molecule has 0 radical (unpaired) electrons. The second-order valence-electron chi connectivity index (χ2n) is 8.52. The van der Waals surface area contributed by atoms with Crippen LogP contribution in [-0.4, -0.2) is 51.1 Å². The van der Waals surface area contributed by atoms with Crippen molar-refractivity contribution in [2.75, 3.05) is 24.7 Å². The van der Waals surface area contributed by atoms with Gasteiger partial charge in [-0.3, -0.25) is 14.9 Å². The normalized spacial score (nSPS) is 10.7. The maximum absolute atomic E-state index is 13.4. The molecule has 0 spiro atoms. The number of nitrogens with one attached hydrogen (secondary N) is 3. The van der Waals surface area contributed by atoms with Gasteiger partial charge in [-0.2, -0.15) is 5.10 Å². The zero-order chi connectivity index (χ0) is 26.6. The first-order chi connectivity index (χ1) is 18.4. The molecule has 0 aliphatic heterocycles. The first-order valence-electron chi connectivity index (χ1n) is 11.5. The summed E-state index contributed by atoms with van der Waals surface area (Å²) in [6.07, 6.45) is 4.67. The highest BCUT2D eigenvalue weighted by Gasteiger charge is 2.16. The first kappa shape index (κ1) is 24.4. The summed E-state index contributed by atoms with van der Waals surface area (Å²) in [7, 11) is 3.30. The van der Waals surface area contributed by atoms with Crippen molar-refractivity contribution in [1.29, 1.82) is 0 Å². The summed E-state index contributed by atoms with van der Waals surface area (Å²) in [5, 5.41) is 13.2. The number of aromatic amines is 1. The van der Waals surface area contributed by atoms with Crippen LogP contribution in [0.2, 0.25) is 0 Å². The number of carbonyl (C=O) groups is 2. The molecule has 11 heteroatoms. The molecule has 0 bridgehead atoms. The van der Waals surface area contributed by atoms with Gasteiger partial charge in [0.05, 0.1) is 29.3 Å². The van der Waals surface area contributed by atoms with E-state index in [-0.39, 0.29) is 17.6 Å². The molecule has 5 rings (SSSR count). The Balaban J connectivity index is 1.33. The van der Waals surface area contributed by atoms with E-state index in [9.17, 15) is 14.0 Å². The van der Waals surface area contributed by atoms with Crippen LogP contribution in [0.15, 0.2) is 79.3 Å². The molecule has 0 saturated carbocycles. The lowest BCUT2D eigenvalue weighted by atomic mass is 10.0. The average Bonchev–Trinajstić information content (AvgIpc) is 3.33. The Hall–Kier alpha value is -5.32. The van der Waals surface area contributed by atoms with Crippen molar-refractivity contribution >= 4 is 34.2 Å². The largest absolute Gasteiger partial charge is 0.439 e. The number of carbonyl (C=O) groups excluding carboxylic acids is 2. The second-order valence-corrected chi connectivity index (χ2v) is 8.52. The molecule has 0 unspecified atom stereocenters. The smallest absolute Gasteiger partial charge is 0.321 e. The molecular formula is C27H22FN7O3. The predicted octanol–water partition coefficient (Wildman–Crippen LogP) is 5.30. The zero-order valence-electron chi connectivity index (χ0n) is 20.4. The molecule has 0 saturated heterocycles. The van der Waals surface area contributed by atoms with Gasteiger partial charge < -0.3 is 20.3 Å². The zero-order valence-corrected chi connectivity index (χ0v) is 20.4. The minimum Gasteiger partial charge on any atom is -0.439 e. The third kappa shape index (κ3) is 5.41. The summed E-state index contributed by atoms with van der Waals surface area (Å²) in [4.78, 5) is 34.8. The van der Waals surface area contributed by atoms with Crippen LogP contribution in [0.1, 0.15) is 10.5 Å². The number of urea groups is 1. The van der Waals surface area contributed by atoms with Crippen molar-refractivity contribution in [3.8, 4) is 22.8 Å². The third-order valence-electron chi connectivity index (χ3n) is 5.52. The van der Waals surface area contributed by atoms with Gasteiger partial charge in [-0.15, -0.1) is 0 Å². The van der Waals surface area contributed by atoms with Gasteiger partial charge in [-0.25, -0.2) is 14.2 Å². The maximum Gasteiger partial charge on any atom is 0.321 e. The number of anilines is 2. The predicted molar refractivity (Wildman–Crippen MR) is 141 cm³/mol.